The van der Waals surface area contributed by atoms with E-state index in [2.05, 4.69) is 10.0 Å². The van der Waals surface area contributed by atoms with Crippen LogP contribution in [0.3, 0.4) is 0 Å². The predicted octanol–water partition coefficient (Wildman–Crippen LogP) is 1.79. The Balaban J connectivity index is 1.91. The third kappa shape index (κ3) is 5.07. The van der Waals surface area contributed by atoms with Crippen molar-refractivity contribution in [2.45, 2.75) is 11.8 Å². The Kier molecular flexibility index (Phi) is 6.34. The molecule has 0 aromatic heterocycles. The fraction of sp³-hybridized carbons (Fsp3) is 0.235. The minimum Gasteiger partial charge on any atom is -0.492 e. The highest BCUT2D eigenvalue weighted by Crippen LogP contribution is 2.11. The molecule has 24 heavy (non-hydrogen) atoms. The fourth-order valence-corrected chi connectivity index (χ4v) is 3.12. The van der Waals surface area contributed by atoms with Gasteiger partial charge in [-0.2, -0.15) is 0 Å². The van der Waals surface area contributed by atoms with Crippen LogP contribution in [0.25, 0.3) is 0 Å². The number of para-hydroxylation sites is 1. The Bertz CT molecular complexity index is 776. The van der Waals surface area contributed by atoms with Gasteiger partial charge >= 0.3 is 0 Å². The van der Waals surface area contributed by atoms with Gasteiger partial charge in [-0.3, -0.25) is 4.79 Å². The molecule has 0 aliphatic carbocycles. The Labute approximate surface area is 141 Å². The average molecular weight is 348 g/mol. The first-order valence-corrected chi connectivity index (χ1v) is 9.07. The molecule has 2 aromatic rings. The molecule has 0 fully saturated rings. The zero-order chi connectivity index (χ0) is 17.4. The molecule has 0 unspecified atom stereocenters. The smallest absolute Gasteiger partial charge is 0.251 e. The van der Waals surface area contributed by atoms with Crippen molar-refractivity contribution in [1.29, 1.82) is 0 Å². The Hall–Kier alpha value is -2.38. The molecule has 7 heteroatoms. The van der Waals surface area contributed by atoms with Crippen molar-refractivity contribution in [3.63, 3.8) is 0 Å². The quantitative estimate of drug-likeness (QED) is 0.713. The molecule has 0 bridgehead atoms. The normalized spacial score (nSPS) is 11.0. The molecule has 1 amide bonds. The number of hydrogen-bond acceptors (Lipinski definition) is 4. The van der Waals surface area contributed by atoms with Gasteiger partial charge in [0.05, 0.1) is 11.4 Å². The van der Waals surface area contributed by atoms with Gasteiger partial charge in [-0.25, -0.2) is 13.1 Å². The maximum atomic E-state index is 12.1. The van der Waals surface area contributed by atoms with Gasteiger partial charge in [0.2, 0.25) is 10.0 Å². The van der Waals surface area contributed by atoms with Crippen LogP contribution in [0.5, 0.6) is 5.75 Å². The molecule has 0 heterocycles. The number of hydrogen-bond donors (Lipinski definition) is 2. The van der Waals surface area contributed by atoms with Crippen molar-refractivity contribution >= 4 is 15.9 Å². The van der Waals surface area contributed by atoms with Crippen molar-refractivity contribution in [3.8, 4) is 5.75 Å². The molecule has 0 aliphatic rings. The van der Waals surface area contributed by atoms with E-state index in [0.29, 0.717) is 13.2 Å². The molecule has 0 saturated heterocycles. The minimum absolute atomic E-state index is 0.0672. The van der Waals surface area contributed by atoms with Crippen LogP contribution in [-0.2, 0) is 10.0 Å². The summed E-state index contributed by atoms with van der Waals surface area (Å²) in [6.07, 6.45) is 0. The van der Waals surface area contributed by atoms with Crippen molar-refractivity contribution in [3.05, 3.63) is 60.2 Å². The largest absolute Gasteiger partial charge is 0.492 e. The maximum Gasteiger partial charge on any atom is 0.251 e. The van der Waals surface area contributed by atoms with E-state index in [4.69, 9.17) is 4.74 Å². The highest BCUT2D eigenvalue weighted by atomic mass is 32.2. The number of ether oxygens (including phenoxy) is 1. The van der Waals surface area contributed by atoms with E-state index in [9.17, 15) is 13.2 Å². The number of sulfonamides is 1. The molecule has 2 rings (SSSR count). The standard InChI is InChI=1S/C17H20N2O4S/c1-2-19-24(21,22)16-10-6-7-14(13-16)17(20)18-11-12-23-15-8-4-3-5-9-15/h3-10,13,19H,2,11-12H2,1H3,(H,18,20). The molecule has 2 N–H and O–H groups in total. The summed E-state index contributed by atoms with van der Waals surface area (Å²) in [6, 6.07) is 15.2. The Morgan fingerprint density at radius 3 is 2.54 bits per heavy atom. The highest BCUT2D eigenvalue weighted by Gasteiger charge is 2.14. The van der Waals surface area contributed by atoms with Crippen LogP contribution in [0.1, 0.15) is 17.3 Å². The van der Waals surface area contributed by atoms with E-state index in [1.807, 2.05) is 30.3 Å². The molecule has 2 aromatic carbocycles. The summed E-state index contributed by atoms with van der Waals surface area (Å²) < 4.78 is 31.8. The van der Waals surface area contributed by atoms with Gasteiger partial charge in [-0.05, 0) is 30.3 Å². The van der Waals surface area contributed by atoms with Crippen LogP contribution in [0.4, 0.5) is 0 Å². The first kappa shape index (κ1) is 18.0. The lowest BCUT2D eigenvalue weighted by atomic mass is 10.2. The van der Waals surface area contributed by atoms with E-state index in [0.717, 1.165) is 5.75 Å². The van der Waals surface area contributed by atoms with Gasteiger partial charge in [0.15, 0.2) is 0 Å². The molecular weight excluding hydrogens is 328 g/mol. The topological polar surface area (TPSA) is 84.5 Å². The second-order valence-corrected chi connectivity index (χ2v) is 6.71. The molecule has 128 valence electrons. The molecule has 6 nitrogen and oxygen atoms in total. The van der Waals surface area contributed by atoms with E-state index in [-0.39, 0.29) is 22.9 Å². The van der Waals surface area contributed by atoms with Gasteiger partial charge in [0.25, 0.3) is 5.91 Å². The number of carbonyl (C=O) groups excluding carboxylic acids is 1. The lowest BCUT2D eigenvalue weighted by Gasteiger charge is -2.09. The van der Waals surface area contributed by atoms with Gasteiger partial charge in [0.1, 0.15) is 12.4 Å². The summed E-state index contributed by atoms with van der Waals surface area (Å²) in [5, 5.41) is 2.70. The van der Waals surface area contributed by atoms with E-state index < -0.39 is 10.0 Å². The summed E-state index contributed by atoms with van der Waals surface area (Å²) >= 11 is 0. The van der Waals surface area contributed by atoms with Crippen molar-refractivity contribution in [1.82, 2.24) is 10.0 Å². The third-order valence-corrected chi connectivity index (χ3v) is 4.68. The van der Waals surface area contributed by atoms with Gasteiger partial charge < -0.3 is 10.1 Å². The number of nitrogens with one attached hydrogen (secondary N) is 2. The summed E-state index contributed by atoms with van der Waals surface area (Å²) in [6.45, 7) is 2.62. The third-order valence-electron chi connectivity index (χ3n) is 3.14. The maximum absolute atomic E-state index is 12.1. The van der Waals surface area contributed by atoms with Crippen molar-refractivity contribution in [2.24, 2.45) is 0 Å². The van der Waals surface area contributed by atoms with Crippen molar-refractivity contribution in [2.75, 3.05) is 19.7 Å². The second-order valence-electron chi connectivity index (χ2n) is 4.95. The number of amides is 1. The summed E-state index contributed by atoms with van der Waals surface area (Å²) in [4.78, 5) is 12.2. The number of carbonyl (C=O) groups is 1. The van der Waals surface area contributed by atoms with Crippen LogP contribution in [0, 0.1) is 0 Å². The molecule has 0 radical (unpaired) electrons. The minimum atomic E-state index is -3.58. The first-order chi connectivity index (χ1) is 11.5. The van der Waals surface area contributed by atoms with Crippen LogP contribution < -0.4 is 14.8 Å². The molecular formula is C17H20N2O4S. The molecule has 0 spiro atoms. The van der Waals surface area contributed by atoms with Crippen molar-refractivity contribution < 1.29 is 17.9 Å². The second kappa shape index (κ2) is 8.47. The van der Waals surface area contributed by atoms with Gasteiger partial charge in [0, 0.05) is 12.1 Å². The van der Waals surface area contributed by atoms with Crippen LogP contribution in [0.15, 0.2) is 59.5 Å². The fourth-order valence-electron chi connectivity index (χ4n) is 2.03. The van der Waals surface area contributed by atoms with Gasteiger partial charge in [-0.1, -0.05) is 31.2 Å². The predicted molar refractivity (Wildman–Crippen MR) is 91.6 cm³/mol. The molecule has 0 aliphatic heterocycles. The SMILES string of the molecule is CCNS(=O)(=O)c1cccc(C(=O)NCCOc2ccccc2)c1. The Morgan fingerprint density at radius 2 is 1.83 bits per heavy atom. The average Bonchev–Trinajstić information content (AvgIpc) is 2.59. The highest BCUT2D eigenvalue weighted by molar-refractivity contribution is 7.89. The molecule has 0 saturated carbocycles. The number of benzene rings is 2. The Morgan fingerprint density at radius 1 is 1.08 bits per heavy atom. The first-order valence-electron chi connectivity index (χ1n) is 7.58. The summed E-state index contributed by atoms with van der Waals surface area (Å²) in [5.74, 6) is 0.380. The van der Waals surface area contributed by atoms with Gasteiger partial charge in [-0.15, -0.1) is 0 Å². The number of rotatable bonds is 8. The van der Waals surface area contributed by atoms with Crippen LogP contribution >= 0.6 is 0 Å². The molecule has 0 atom stereocenters. The summed E-state index contributed by atoms with van der Waals surface area (Å²) in [7, 11) is -3.58. The van der Waals surface area contributed by atoms with Crippen LogP contribution in [0.2, 0.25) is 0 Å². The zero-order valence-electron chi connectivity index (χ0n) is 13.4. The lowest BCUT2D eigenvalue weighted by Crippen LogP contribution is -2.28. The van der Waals surface area contributed by atoms with E-state index in [1.54, 1.807) is 19.1 Å². The van der Waals surface area contributed by atoms with E-state index >= 15 is 0 Å². The lowest BCUT2D eigenvalue weighted by molar-refractivity contribution is 0.0947. The monoisotopic (exact) mass is 348 g/mol. The van der Waals surface area contributed by atoms with E-state index in [1.165, 1.54) is 12.1 Å². The zero-order valence-corrected chi connectivity index (χ0v) is 14.2. The van der Waals surface area contributed by atoms with Crippen LogP contribution in [-0.4, -0.2) is 34.0 Å². The summed E-state index contributed by atoms with van der Waals surface area (Å²) in [5.41, 5.74) is 0.286.